The molecule has 5 heteroatoms. The molecule has 4 rings (SSSR count). The summed E-state index contributed by atoms with van der Waals surface area (Å²) in [6, 6.07) is 12.0. The zero-order chi connectivity index (χ0) is 18.1. The van der Waals surface area contributed by atoms with Crippen LogP contribution in [-0.2, 0) is 10.2 Å². The highest BCUT2D eigenvalue weighted by Gasteiger charge is 2.46. The van der Waals surface area contributed by atoms with Gasteiger partial charge in [0.15, 0.2) is 5.76 Å². The molecule has 2 aliphatic rings. The monoisotopic (exact) mass is 352 g/mol. The molecule has 26 heavy (non-hydrogen) atoms. The van der Waals surface area contributed by atoms with Crippen LogP contribution in [0.15, 0.2) is 47.1 Å². The normalized spacial score (nSPS) is 20.8. The number of piperidine rings is 1. The summed E-state index contributed by atoms with van der Waals surface area (Å²) in [7, 11) is 1.69. The zero-order valence-electron chi connectivity index (χ0n) is 15.0. The summed E-state index contributed by atoms with van der Waals surface area (Å²) in [4.78, 5) is 26.4. The molecule has 1 saturated heterocycles. The SMILES string of the molecule is CNC(=O)CC1CC2(CCN(C(=O)c3ccco3)CC2)c2ccccc21. The van der Waals surface area contributed by atoms with E-state index in [1.54, 1.807) is 19.2 Å². The molecule has 1 atom stereocenters. The summed E-state index contributed by atoms with van der Waals surface area (Å²) >= 11 is 0. The van der Waals surface area contributed by atoms with Crippen molar-refractivity contribution in [2.75, 3.05) is 20.1 Å². The number of furan rings is 1. The van der Waals surface area contributed by atoms with Crippen molar-refractivity contribution in [1.29, 1.82) is 0 Å². The quantitative estimate of drug-likeness (QED) is 0.923. The number of rotatable bonds is 3. The van der Waals surface area contributed by atoms with Crippen molar-refractivity contribution in [1.82, 2.24) is 10.2 Å². The van der Waals surface area contributed by atoms with Gasteiger partial charge in [0, 0.05) is 26.6 Å². The van der Waals surface area contributed by atoms with Gasteiger partial charge in [0.05, 0.1) is 6.26 Å². The van der Waals surface area contributed by atoms with E-state index >= 15 is 0 Å². The maximum absolute atomic E-state index is 12.5. The minimum absolute atomic E-state index is 0.0296. The average Bonchev–Trinajstić information content (AvgIpc) is 3.30. The molecule has 5 nitrogen and oxygen atoms in total. The number of hydrogen-bond donors (Lipinski definition) is 1. The van der Waals surface area contributed by atoms with Crippen LogP contribution in [0.1, 0.15) is 53.3 Å². The number of nitrogens with one attached hydrogen (secondary N) is 1. The number of nitrogens with zero attached hydrogens (tertiary/aromatic N) is 1. The van der Waals surface area contributed by atoms with Crippen LogP contribution in [0, 0.1) is 0 Å². The Morgan fingerprint density at radius 1 is 1.19 bits per heavy atom. The summed E-state index contributed by atoms with van der Waals surface area (Å²) in [6.07, 6.45) is 4.92. The van der Waals surface area contributed by atoms with Crippen LogP contribution in [0.25, 0.3) is 0 Å². The summed E-state index contributed by atoms with van der Waals surface area (Å²) in [5, 5.41) is 2.75. The first-order valence-electron chi connectivity index (χ1n) is 9.26. The number of hydrogen-bond acceptors (Lipinski definition) is 3. The van der Waals surface area contributed by atoms with Gasteiger partial charge in [0.1, 0.15) is 0 Å². The van der Waals surface area contributed by atoms with Crippen molar-refractivity contribution in [3.05, 3.63) is 59.5 Å². The van der Waals surface area contributed by atoms with Crippen LogP contribution in [0.3, 0.4) is 0 Å². The van der Waals surface area contributed by atoms with Gasteiger partial charge in [0.2, 0.25) is 5.91 Å². The highest BCUT2D eigenvalue weighted by molar-refractivity contribution is 5.91. The Labute approximate surface area is 153 Å². The lowest BCUT2D eigenvalue weighted by Gasteiger charge is -2.40. The highest BCUT2D eigenvalue weighted by atomic mass is 16.3. The fourth-order valence-electron chi connectivity index (χ4n) is 4.70. The van der Waals surface area contributed by atoms with Crippen molar-refractivity contribution in [2.45, 2.75) is 37.0 Å². The maximum atomic E-state index is 12.5. The molecule has 2 aromatic rings. The molecule has 1 aromatic carbocycles. The van der Waals surface area contributed by atoms with Crippen LogP contribution in [0.4, 0.5) is 0 Å². The maximum Gasteiger partial charge on any atom is 0.289 e. The van der Waals surface area contributed by atoms with Crippen molar-refractivity contribution >= 4 is 11.8 Å². The molecule has 1 spiro atoms. The van der Waals surface area contributed by atoms with Crippen LogP contribution >= 0.6 is 0 Å². The van der Waals surface area contributed by atoms with Crippen LogP contribution in [0.5, 0.6) is 0 Å². The fourth-order valence-corrected chi connectivity index (χ4v) is 4.70. The summed E-state index contributed by atoms with van der Waals surface area (Å²) in [5.41, 5.74) is 2.76. The van der Waals surface area contributed by atoms with Crippen LogP contribution < -0.4 is 5.32 Å². The van der Waals surface area contributed by atoms with E-state index in [-0.39, 0.29) is 23.1 Å². The number of carbonyl (C=O) groups excluding carboxylic acids is 2. The minimum Gasteiger partial charge on any atom is -0.459 e. The Balaban J connectivity index is 1.53. The molecule has 1 fully saturated rings. The van der Waals surface area contributed by atoms with Crippen molar-refractivity contribution < 1.29 is 14.0 Å². The molecule has 0 radical (unpaired) electrons. The molecular formula is C21H24N2O3. The molecule has 2 amide bonds. The van der Waals surface area contributed by atoms with Gasteiger partial charge in [-0.25, -0.2) is 0 Å². The Hall–Kier alpha value is -2.56. The molecule has 1 N–H and O–H groups in total. The van der Waals surface area contributed by atoms with Crippen molar-refractivity contribution in [3.63, 3.8) is 0 Å². The Morgan fingerprint density at radius 3 is 2.65 bits per heavy atom. The predicted molar refractivity (Wildman–Crippen MR) is 98.0 cm³/mol. The van der Waals surface area contributed by atoms with E-state index in [0.29, 0.717) is 12.2 Å². The standard InChI is InChI=1S/C21H24N2O3/c1-22-19(24)13-15-14-21(17-6-3-2-5-16(15)17)8-10-23(11-9-21)20(25)18-7-4-12-26-18/h2-7,12,15H,8-11,13-14H2,1H3,(H,22,24). The first-order chi connectivity index (χ1) is 12.6. The zero-order valence-corrected chi connectivity index (χ0v) is 15.0. The van der Waals surface area contributed by atoms with Gasteiger partial charge in [-0.15, -0.1) is 0 Å². The van der Waals surface area contributed by atoms with E-state index in [0.717, 1.165) is 32.4 Å². The van der Waals surface area contributed by atoms with Gasteiger partial charge in [-0.2, -0.15) is 0 Å². The fraction of sp³-hybridized carbons (Fsp3) is 0.429. The van der Waals surface area contributed by atoms with Crippen LogP contribution in [0.2, 0.25) is 0 Å². The lowest BCUT2D eigenvalue weighted by atomic mass is 9.73. The van der Waals surface area contributed by atoms with Crippen molar-refractivity contribution in [3.8, 4) is 0 Å². The highest BCUT2D eigenvalue weighted by Crippen LogP contribution is 2.52. The lowest BCUT2D eigenvalue weighted by Crippen LogP contribution is -2.44. The largest absolute Gasteiger partial charge is 0.459 e. The second-order valence-corrected chi connectivity index (χ2v) is 7.42. The van der Waals surface area contributed by atoms with Gasteiger partial charge < -0.3 is 14.6 Å². The third-order valence-corrected chi connectivity index (χ3v) is 6.06. The molecule has 136 valence electrons. The number of benzene rings is 1. The second kappa shape index (κ2) is 6.63. The van der Waals surface area contributed by atoms with E-state index < -0.39 is 0 Å². The predicted octanol–water partition coefficient (Wildman–Crippen LogP) is 3.08. The third-order valence-electron chi connectivity index (χ3n) is 6.06. The topological polar surface area (TPSA) is 62.6 Å². The Morgan fingerprint density at radius 2 is 1.96 bits per heavy atom. The minimum atomic E-state index is -0.0296. The third kappa shape index (κ3) is 2.81. The van der Waals surface area contributed by atoms with Gasteiger partial charge in [-0.1, -0.05) is 24.3 Å². The molecule has 2 heterocycles. The van der Waals surface area contributed by atoms with Gasteiger partial charge in [0.25, 0.3) is 5.91 Å². The molecule has 1 unspecified atom stereocenters. The molecule has 1 aliphatic carbocycles. The van der Waals surface area contributed by atoms with Gasteiger partial charge >= 0.3 is 0 Å². The van der Waals surface area contributed by atoms with Crippen LogP contribution in [-0.4, -0.2) is 36.9 Å². The molecular weight excluding hydrogens is 328 g/mol. The van der Waals surface area contributed by atoms with Gasteiger partial charge in [-0.3, -0.25) is 9.59 Å². The summed E-state index contributed by atoms with van der Waals surface area (Å²) in [6.45, 7) is 1.45. The Kier molecular flexibility index (Phi) is 4.31. The van der Waals surface area contributed by atoms with E-state index in [9.17, 15) is 9.59 Å². The average molecular weight is 352 g/mol. The Bertz CT molecular complexity index is 804. The van der Waals surface area contributed by atoms with E-state index in [4.69, 9.17) is 4.42 Å². The van der Waals surface area contributed by atoms with E-state index in [1.165, 1.54) is 17.4 Å². The van der Waals surface area contributed by atoms with Crippen molar-refractivity contribution in [2.24, 2.45) is 0 Å². The molecule has 1 aromatic heterocycles. The number of likely N-dealkylation sites (tertiary alicyclic amines) is 1. The first kappa shape index (κ1) is 16.9. The van der Waals surface area contributed by atoms with E-state index in [1.807, 2.05) is 4.90 Å². The lowest BCUT2D eigenvalue weighted by molar-refractivity contribution is -0.121. The smallest absolute Gasteiger partial charge is 0.289 e. The summed E-state index contributed by atoms with van der Waals surface area (Å²) < 4.78 is 5.26. The number of carbonyl (C=O) groups is 2. The summed E-state index contributed by atoms with van der Waals surface area (Å²) in [5.74, 6) is 0.731. The first-order valence-corrected chi connectivity index (χ1v) is 9.26. The number of amides is 2. The van der Waals surface area contributed by atoms with Gasteiger partial charge in [-0.05, 0) is 53.9 Å². The molecule has 1 aliphatic heterocycles. The van der Waals surface area contributed by atoms with E-state index in [2.05, 4.69) is 29.6 Å². The molecule has 0 bridgehead atoms. The number of fused-ring (bicyclic) bond motifs is 2. The second-order valence-electron chi connectivity index (χ2n) is 7.42. The molecule has 0 saturated carbocycles.